The van der Waals surface area contributed by atoms with E-state index in [2.05, 4.69) is 10.2 Å². The van der Waals surface area contributed by atoms with Crippen molar-refractivity contribution in [2.24, 2.45) is 0 Å². The van der Waals surface area contributed by atoms with Gasteiger partial charge in [0.05, 0.1) is 19.9 Å². The summed E-state index contributed by atoms with van der Waals surface area (Å²) in [6.45, 7) is 3.72. The predicted molar refractivity (Wildman–Crippen MR) is 97.3 cm³/mol. The molecule has 1 saturated heterocycles. The quantitative estimate of drug-likeness (QED) is 0.775. The summed E-state index contributed by atoms with van der Waals surface area (Å²) in [5.41, 5.74) is 0.849. The Morgan fingerprint density at radius 3 is 2.27 bits per heavy atom. The molecule has 0 N–H and O–H groups in total. The summed E-state index contributed by atoms with van der Waals surface area (Å²) in [6.07, 6.45) is 0. The fourth-order valence-corrected chi connectivity index (χ4v) is 4.40. The fraction of sp³-hybridized carbons (Fsp3) is 0.412. The number of rotatable bonds is 5. The monoisotopic (exact) mass is 378 g/mol. The molecular formula is C17H22N4O4S. The van der Waals surface area contributed by atoms with E-state index in [4.69, 9.17) is 9.47 Å². The van der Waals surface area contributed by atoms with Gasteiger partial charge in [-0.05, 0) is 31.2 Å². The molecule has 9 heteroatoms. The van der Waals surface area contributed by atoms with Crippen molar-refractivity contribution >= 4 is 15.8 Å². The lowest BCUT2D eigenvalue weighted by molar-refractivity contribution is 0.369. The molecule has 140 valence electrons. The number of ether oxygens (including phenoxy) is 2. The maximum absolute atomic E-state index is 13.0. The van der Waals surface area contributed by atoms with Crippen LogP contribution >= 0.6 is 0 Å². The first-order valence-electron chi connectivity index (χ1n) is 8.23. The summed E-state index contributed by atoms with van der Waals surface area (Å²) in [6, 6.07) is 8.51. The van der Waals surface area contributed by atoms with Crippen molar-refractivity contribution in [3.8, 4) is 11.5 Å². The highest BCUT2D eigenvalue weighted by Gasteiger charge is 2.31. The molecule has 1 aliphatic heterocycles. The maximum Gasteiger partial charge on any atom is 0.246 e. The van der Waals surface area contributed by atoms with Crippen LogP contribution in [0.3, 0.4) is 0 Å². The van der Waals surface area contributed by atoms with Gasteiger partial charge in [-0.3, -0.25) is 0 Å². The summed E-state index contributed by atoms with van der Waals surface area (Å²) in [4.78, 5) is 2.17. The van der Waals surface area contributed by atoms with Crippen LogP contribution in [0.2, 0.25) is 0 Å². The lowest BCUT2D eigenvalue weighted by atomic mass is 10.3. The molecule has 0 amide bonds. The minimum atomic E-state index is -3.65. The molecule has 8 nitrogen and oxygen atoms in total. The largest absolute Gasteiger partial charge is 0.497 e. The van der Waals surface area contributed by atoms with Crippen LogP contribution in [-0.2, 0) is 10.0 Å². The van der Waals surface area contributed by atoms with Crippen molar-refractivity contribution in [1.82, 2.24) is 14.5 Å². The molecule has 0 spiro atoms. The Labute approximate surface area is 153 Å². The summed E-state index contributed by atoms with van der Waals surface area (Å²) >= 11 is 0. The van der Waals surface area contributed by atoms with Gasteiger partial charge >= 0.3 is 0 Å². The number of anilines is 1. The first kappa shape index (κ1) is 18.4. The van der Waals surface area contributed by atoms with Crippen LogP contribution in [0.25, 0.3) is 0 Å². The van der Waals surface area contributed by atoms with Crippen LogP contribution < -0.4 is 14.4 Å². The lowest BCUT2D eigenvalue weighted by Gasteiger charge is -2.34. The van der Waals surface area contributed by atoms with Gasteiger partial charge in [0.2, 0.25) is 10.0 Å². The van der Waals surface area contributed by atoms with Gasteiger partial charge in [0, 0.05) is 32.2 Å². The summed E-state index contributed by atoms with van der Waals surface area (Å²) in [5.74, 6) is 1.58. The van der Waals surface area contributed by atoms with Gasteiger partial charge in [-0.15, -0.1) is 5.10 Å². The van der Waals surface area contributed by atoms with Crippen molar-refractivity contribution in [1.29, 1.82) is 0 Å². The van der Waals surface area contributed by atoms with Gasteiger partial charge in [-0.1, -0.05) is 0 Å². The molecule has 0 radical (unpaired) electrons. The average molecular weight is 378 g/mol. The molecule has 1 aliphatic rings. The highest BCUT2D eigenvalue weighted by Crippen LogP contribution is 2.31. The number of aromatic nitrogens is 2. The number of benzene rings is 1. The van der Waals surface area contributed by atoms with Crippen molar-refractivity contribution in [2.75, 3.05) is 45.3 Å². The van der Waals surface area contributed by atoms with Gasteiger partial charge in [-0.2, -0.15) is 9.40 Å². The normalized spacial score (nSPS) is 15.7. The molecule has 3 rings (SSSR count). The van der Waals surface area contributed by atoms with Gasteiger partial charge in [0.15, 0.2) is 5.82 Å². The van der Waals surface area contributed by atoms with E-state index in [9.17, 15) is 8.42 Å². The summed E-state index contributed by atoms with van der Waals surface area (Å²) in [7, 11) is -0.682. The van der Waals surface area contributed by atoms with E-state index < -0.39 is 10.0 Å². The second-order valence-corrected chi connectivity index (χ2v) is 7.85. The Morgan fingerprint density at radius 2 is 1.69 bits per heavy atom. The molecule has 2 heterocycles. The van der Waals surface area contributed by atoms with Gasteiger partial charge in [-0.25, -0.2) is 8.42 Å². The minimum Gasteiger partial charge on any atom is -0.497 e. The molecule has 1 aromatic carbocycles. The molecule has 0 aliphatic carbocycles. The first-order chi connectivity index (χ1) is 12.5. The molecule has 0 bridgehead atoms. The summed E-state index contributed by atoms with van der Waals surface area (Å²) in [5, 5.41) is 8.22. The summed E-state index contributed by atoms with van der Waals surface area (Å²) < 4.78 is 37.9. The van der Waals surface area contributed by atoms with Gasteiger partial charge < -0.3 is 14.4 Å². The third kappa shape index (κ3) is 3.58. The number of aryl methyl sites for hydroxylation is 1. The van der Waals surface area contributed by atoms with Crippen molar-refractivity contribution in [3.05, 3.63) is 36.0 Å². The molecular weight excluding hydrogens is 356 g/mol. The van der Waals surface area contributed by atoms with Crippen LogP contribution in [0.5, 0.6) is 11.5 Å². The van der Waals surface area contributed by atoms with Gasteiger partial charge in [0.25, 0.3) is 0 Å². The lowest BCUT2D eigenvalue weighted by Crippen LogP contribution is -2.49. The number of nitrogens with zero attached hydrogens (tertiary/aromatic N) is 4. The number of sulfonamides is 1. The predicted octanol–water partition coefficient (Wildman–Crippen LogP) is 1.31. The van der Waals surface area contributed by atoms with Crippen molar-refractivity contribution in [3.63, 3.8) is 0 Å². The van der Waals surface area contributed by atoms with Gasteiger partial charge in [0.1, 0.15) is 16.4 Å². The van der Waals surface area contributed by atoms with E-state index in [0.29, 0.717) is 31.9 Å². The molecule has 1 fully saturated rings. The Balaban J connectivity index is 1.77. The van der Waals surface area contributed by atoms with Crippen LogP contribution in [0.4, 0.5) is 5.82 Å². The van der Waals surface area contributed by atoms with E-state index >= 15 is 0 Å². The number of hydrogen-bond donors (Lipinski definition) is 0. The Kier molecular flexibility index (Phi) is 5.28. The molecule has 1 aromatic heterocycles. The van der Waals surface area contributed by atoms with E-state index in [1.807, 2.05) is 24.0 Å². The SMILES string of the molecule is COc1ccc(S(=O)(=O)N2CCN(c3ccc(C)nn3)CC2)c(OC)c1. The van der Waals surface area contributed by atoms with Crippen molar-refractivity contribution < 1.29 is 17.9 Å². The topological polar surface area (TPSA) is 84.9 Å². The molecule has 0 unspecified atom stereocenters. The zero-order valence-corrected chi connectivity index (χ0v) is 15.9. The van der Waals surface area contributed by atoms with Crippen LogP contribution in [0.1, 0.15) is 5.69 Å². The average Bonchev–Trinajstić information content (AvgIpc) is 2.68. The van der Waals surface area contributed by atoms with E-state index in [-0.39, 0.29) is 10.6 Å². The number of methoxy groups -OCH3 is 2. The fourth-order valence-electron chi connectivity index (χ4n) is 2.85. The highest BCUT2D eigenvalue weighted by molar-refractivity contribution is 7.89. The Bertz CT molecular complexity index is 863. The maximum atomic E-state index is 13.0. The second-order valence-electron chi connectivity index (χ2n) is 5.94. The first-order valence-corrected chi connectivity index (χ1v) is 9.67. The van der Waals surface area contributed by atoms with Crippen LogP contribution in [0.15, 0.2) is 35.2 Å². The number of hydrogen-bond acceptors (Lipinski definition) is 7. The zero-order valence-electron chi connectivity index (χ0n) is 15.0. The van der Waals surface area contributed by atoms with E-state index in [1.54, 1.807) is 12.1 Å². The van der Waals surface area contributed by atoms with E-state index in [0.717, 1.165) is 11.5 Å². The molecule has 0 saturated carbocycles. The minimum absolute atomic E-state index is 0.143. The van der Waals surface area contributed by atoms with E-state index in [1.165, 1.54) is 24.6 Å². The Hall–Kier alpha value is -2.39. The third-order valence-corrected chi connectivity index (χ3v) is 6.27. The highest BCUT2D eigenvalue weighted by atomic mass is 32.2. The van der Waals surface area contributed by atoms with Crippen LogP contribution in [-0.4, -0.2) is 63.3 Å². The molecule has 26 heavy (non-hydrogen) atoms. The Morgan fingerprint density at radius 1 is 0.962 bits per heavy atom. The number of piperazine rings is 1. The molecule has 0 atom stereocenters. The third-order valence-electron chi connectivity index (χ3n) is 4.34. The van der Waals surface area contributed by atoms with Crippen LogP contribution in [0, 0.1) is 6.92 Å². The standard InChI is InChI=1S/C17H22N4O4S/c1-13-4-7-17(19-18-13)20-8-10-21(11-9-20)26(22,23)16-6-5-14(24-2)12-15(16)25-3/h4-7,12H,8-11H2,1-3H3. The second kappa shape index (κ2) is 7.46. The van der Waals surface area contributed by atoms with Crippen molar-refractivity contribution in [2.45, 2.75) is 11.8 Å². The smallest absolute Gasteiger partial charge is 0.246 e. The molecule has 2 aromatic rings. The zero-order chi connectivity index (χ0) is 18.7.